The van der Waals surface area contributed by atoms with E-state index in [4.69, 9.17) is 4.74 Å². The van der Waals surface area contributed by atoms with E-state index in [2.05, 4.69) is 5.32 Å². The standard InChI is InChI=1S/C9H8FNO3/c10-7-1-3-8(4-2-7)14-9(13)11-5-6-12/h1-4,6H,5H2,(H,11,13). The van der Waals surface area contributed by atoms with Crippen molar-refractivity contribution in [1.29, 1.82) is 0 Å². The summed E-state index contributed by atoms with van der Waals surface area (Å²) in [6.07, 6.45) is -0.213. The van der Waals surface area contributed by atoms with Gasteiger partial charge in [0, 0.05) is 0 Å². The van der Waals surface area contributed by atoms with Crippen molar-refractivity contribution in [2.45, 2.75) is 0 Å². The zero-order valence-electron chi connectivity index (χ0n) is 7.20. The van der Waals surface area contributed by atoms with Crippen molar-refractivity contribution in [2.75, 3.05) is 6.54 Å². The number of ether oxygens (including phenoxy) is 1. The molecule has 0 heterocycles. The summed E-state index contributed by atoms with van der Waals surface area (Å²) in [5.41, 5.74) is 0. The van der Waals surface area contributed by atoms with Crippen LogP contribution >= 0.6 is 0 Å². The molecule has 5 heteroatoms. The molecule has 1 N–H and O–H groups in total. The first-order valence-corrected chi connectivity index (χ1v) is 3.87. The number of hydrogen-bond acceptors (Lipinski definition) is 3. The lowest BCUT2D eigenvalue weighted by Gasteiger charge is -2.03. The van der Waals surface area contributed by atoms with E-state index in [1.807, 2.05) is 0 Å². The van der Waals surface area contributed by atoms with Crippen LogP contribution in [-0.4, -0.2) is 18.9 Å². The molecule has 0 saturated carbocycles. The molecule has 1 rings (SSSR count). The highest BCUT2D eigenvalue weighted by Gasteiger charge is 2.02. The molecule has 1 amide bonds. The molecule has 0 saturated heterocycles. The summed E-state index contributed by atoms with van der Waals surface area (Å²) >= 11 is 0. The Hall–Kier alpha value is -1.91. The molecule has 0 radical (unpaired) electrons. The Morgan fingerprint density at radius 1 is 1.43 bits per heavy atom. The monoisotopic (exact) mass is 197 g/mol. The number of hydrogen-bond donors (Lipinski definition) is 1. The quantitative estimate of drug-likeness (QED) is 0.738. The van der Waals surface area contributed by atoms with Gasteiger partial charge in [-0.15, -0.1) is 0 Å². The van der Waals surface area contributed by atoms with Crippen molar-refractivity contribution >= 4 is 12.4 Å². The van der Waals surface area contributed by atoms with Gasteiger partial charge in [0.1, 0.15) is 17.9 Å². The average molecular weight is 197 g/mol. The minimum atomic E-state index is -0.747. The molecule has 0 spiro atoms. The Morgan fingerprint density at radius 2 is 2.07 bits per heavy atom. The van der Waals surface area contributed by atoms with Crippen LogP contribution in [0.25, 0.3) is 0 Å². The van der Waals surface area contributed by atoms with Crippen LogP contribution in [-0.2, 0) is 4.79 Å². The molecule has 0 bridgehead atoms. The molecule has 1 aromatic carbocycles. The van der Waals surface area contributed by atoms with Crippen molar-refractivity contribution in [3.05, 3.63) is 30.1 Å². The SMILES string of the molecule is O=CCNC(=O)Oc1ccc(F)cc1. The van der Waals surface area contributed by atoms with Crippen LogP contribution in [0.3, 0.4) is 0 Å². The van der Waals surface area contributed by atoms with Crippen molar-refractivity contribution in [2.24, 2.45) is 0 Å². The molecule has 0 unspecified atom stereocenters. The summed E-state index contributed by atoms with van der Waals surface area (Å²) < 4.78 is 17.1. The van der Waals surface area contributed by atoms with Gasteiger partial charge in [0.2, 0.25) is 0 Å². The first-order valence-electron chi connectivity index (χ1n) is 3.87. The number of aldehydes is 1. The predicted octanol–water partition coefficient (Wildman–Crippen LogP) is 1.11. The number of benzene rings is 1. The molecule has 1 aromatic rings. The maximum Gasteiger partial charge on any atom is 0.412 e. The van der Waals surface area contributed by atoms with E-state index in [1.165, 1.54) is 24.3 Å². The van der Waals surface area contributed by atoms with Crippen molar-refractivity contribution in [3.63, 3.8) is 0 Å². The summed E-state index contributed by atoms with van der Waals surface area (Å²) in [6, 6.07) is 4.97. The number of amides is 1. The number of carbonyl (C=O) groups excluding carboxylic acids is 2. The van der Waals surface area contributed by atoms with E-state index >= 15 is 0 Å². The van der Waals surface area contributed by atoms with Gasteiger partial charge in [-0.2, -0.15) is 0 Å². The van der Waals surface area contributed by atoms with Crippen LogP contribution in [0.15, 0.2) is 24.3 Å². The van der Waals surface area contributed by atoms with E-state index in [0.29, 0.717) is 6.29 Å². The van der Waals surface area contributed by atoms with Crippen molar-refractivity contribution < 1.29 is 18.7 Å². The Kier molecular flexibility index (Phi) is 3.60. The zero-order chi connectivity index (χ0) is 10.4. The molecule has 0 aromatic heterocycles. The zero-order valence-corrected chi connectivity index (χ0v) is 7.20. The van der Waals surface area contributed by atoms with Gasteiger partial charge in [0.25, 0.3) is 0 Å². The third kappa shape index (κ3) is 3.22. The van der Waals surface area contributed by atoms with Crippen LogP contribution < -0.4 is 10.1 Å². The molecule has 0 atom stereocenters. The summed E-state index contributed by atoms with van der Waals surface area (Å²) in [5, 5.41) is 2.17. The van der Waals surface area contributed by atoms with Gasteiger partial charge in [0.15, 0.2) is 0 Å². The van der Waals surface area contributed by atoms with E-state index in [9.17, 15) is 14.0 Å². The molecule has 0 aliphatic carbocycles. The normalized spacial score (nSPS) is 9.21. The van der Waals surface area contributed by atoms with Gasteiger partial charge >= 0.3 is 6.09 Å². The van der Waals surface area contributed by atoms with Crippen molar-refractivity contribution in [1.82, 2.24) is 5.32 Å². The largest absolute Gasteiger partial charge is 0.412 e. The second kappa shape index (κ2) is 4.96. The summed E-state index contributed by atoms with van der Waals surface area (Å²) in [5.74, 6) is -0.194. The number of nitrogens with one attached hydrogen (secondary N) is 1. The molecule has 14 heavy (non-hydrogen) atoms. The number of rotatable bonds is 3. The molecule has 0 aliphatic heterocycles. The summed E-state index contributed by atoms with van der Waals surface area (Å²) in [7, 11) is 0. The lowest BCUT2D eigenvalue weighted by atomic mass is 10.3. The van der Waals surface area contributed by atoms with Gasteiger partial charge < -0.3 is 14.8 Å². The number of halogens is 1. The first-order chi connectivity index (χ1) is 6.72. The minimum Gasteiger partial charge on any atom is -0.410 e. The maximum atomic E-state index is 12.4. The molecule has 0 fully saturated rings. The van der Waals surface area contributed by atoms with E-state index in [-0.39, 0.29) is 12.3 Å². The van der Waals surface area contributed by atoms with E-state index in [0.717, 1.165) is 0 Å². The Balaban J connectivity index is 2.47. The van der Waals surface area contributed by atoms with Gasteiger partial charge in [0.05, 0.1) is 6.54 Å². The second-order valence-corrected chi connectivity index (χ2v) is 2.39. The number of carbonyl (C=O) groups is 2. The van der Waals surface area contributed by atoms with Crippen LogP contribution in [0.5, 0.6) is 5.75 Å². The van der Waals surface area contributed by atoms with Gasteiger partial charge in [-0.25, -0.2) is 9.18 Å². The van der Waals surface area contributed by atoms with Gasteiger partial charge in [-0.3, -0.25) is 0 Å². The fraction of sp³-hybridized carbons (Fsp3) is 0.111. The maximum absolute atomic E-state index is 12.4. The molecular formula is C9H8FNO3. The first kappa shape index (κ1) is 10.2. The smallest absolute Gasteiger partial charge is 0.410 e. The van der Waals surface area contributed by atoms with Crippen LogP contribution in [0, 0.1) is 5.82 Å². The topological polar surface area (TPSA) is 55.4 Å². The Morgan fingerprint density at radius 3 is 2.64 bits per heavy atom. The highest BCUT2D eigenvalue weighted by Crippen LogP contribution is 2.10. The Bertz CT molecular complexity index is 323. The third-order valence-corrected chi connectivity index (χ3v) is 1.35. The fourth-order valence-electron chi connectivity index (χ4n) is 0.771. The van der Waals surface area contributed by atoms with Crippen LogP contribution in [0.4, 0.5) is 9.18 Å². The summed E-state index contributed by atoms with van der Waals surface area (Å²) in [4.78, 5) is 20.8. The van der Waals surface area contributed by atoms with E-state index in [1.54, 1.807) is 0 Å². The van der Waals surface area contributed by atoms with Crippen LogP contribution in [0.2, 0.25) is 0 Å². The fourth-order valence-corrected chi connectivity index (χ4v) is 0.771. The van der Waals surface area contributed by atoms with Crippen molar-refractivity contribution in [3.8, 4) is 5.75 Å². The van der Waals surface area contributed by atoms with E-state index < -0.39 is 11.9 Å². The minimum absolute atomic E-state index is 0.111. The van der Waals surface area contributed by atoms with Gasteiger partial charge in [-0.05, 0) is 24.3 Å². The van der Waals surface area contributed by atoms with Crippen LogP contribution in [0.1, 0.15) is 0 Å². The highest BCUT2D eigenvalue weighted by atomic mass is 19.1. The summed E-state index contributed by atoms with van der Waals surface area (Å²) in [6.45, 7) is -0.111. The molecular weight excluding hydrogens is 189 g/mol. The lowest BCUT2D eigenvalue weighted by Crippen LogP contribution is -2.28. The molecule has 74 valence electrons. The lowest BCUT2D eigenvalue weighted by molar-refractivity contribution is -0.107. The highest BCUT2D eigenvalue weighted by molar-refractivity contribution is 5.73. The Labute approximate surface area is 79.7 Å². The molecule has 4 nitrogen and oxygen atoms in total. The predicted molar refractivity (Wildman–Crippen MR) is 46.5 cm³/mol. The average Bonchev–Trinajstić information content (AvgIpc) is 2.18. The third-order valence-electron chi connectivity index (χ3n) is 1.35. The van der Waals surface area contributed by atoms with Gasteiger partial charge in [-0.1, -0.05) is 0 Å². The molecule has 0 aliphatic rings. The second-order valence-electron chi connectivity index (χ2n) is 2.39.